The molecule has 0 bridgehead atoms. The van der Waals surface area contributed by atoms with Crippen molar-refractivity contribution in [3.63, 3.8) is 0 Å². The second kappa shape index (κ2) is 4.66. The zero-order valence-corrected chi connectivity index (χ0v) is 11.3. The fourth-order valence-corrected chi connectivity index (χ4v) is 2.42. The number of benzene rings is 2. The number of alkyl halides is 3. The molecule has 0 atom stereocenters. The number of fused-ring (bicyclic) bond motifs is 1. The van der Waals surface area contributed by atoms with Crippen LogP contribution in [0.3, 0.4) is 0 Å². The number of imidazole rings is 1. The second-order valence-electron chi connectivity index (χ2n) is 4.55. The van der Waals surface area contributed by atoms with Gasteiger partial charge >= 0.3 is 6.18 Å². The molecule has 0 amide bonds. The van der Waals surface area contributed by atoms with Gasteiger partial charge in [0.1, 0.15) is 0 Å². The maximum Gasteiger partial charge on any atom is 0.417 e. The van der Waals surface area contributed by atoms with Crippen LogP contribution in [0.5, 0.6) is 0 Å². The number of nitrogens with two attached hydrogens (primary N) is 1. The average molecular weight is 312 g/mol. The number of halogens is 4. The quantitative estimate of drug-likeness (QED) is 0.696. The highest BCUT2D eigenvalue weighted by Gasteiger charge is 2.33. The van der Waals surface area contributed by atoms with E-state index in [4.69, 9.17) is 17.3 Å². The Kier molecular flexibility index (Phi) is 3.06. The monoisotopic (exact) mass is 311 g/mol. The van der Waals surface area contributed by atoms with Crippen LogP contribution in [0.25, 0.3) is 22.2 Å². The van der Waals surface area contributed by atoms with Crippen molar-refractivity contribution in [3.8, 4) is 11.1 Å². The fourth-order valence-electron chi connectivity index (χ4n) is 2.13. The molecule has 0 saturated heterocycles. The first-order chi connectivity index (χ1) is 9.84. The lowest BCUT2D eigenvalue weighted by molar-refractivity contribution is -0.137. The van der Waals surface area contributed by atoms with E-state index in [-0.39, 0.29) is 11.0 Å². The van der Waals surface area contributed by atoms with Crippen molar-refractivity contribution in [2.24, 2.45) is 0 Å². The highest BCUT2D eigenvalue weighted by Crippen LogP contribution is 2.37. The Morgan fingerprint density at radius 2 is 1.71 bits per heavy atom. The van der Waals surface area contributed by atoms with Crippen molar-refractivity contribution >= 4 is 28.6 Å². The van der Waals surface area contributed by atoms with Crippen LogP contribution in [0.4, 0.5) is 19.1 Å². The number of aromatic amines is 1. The van der Waals surface area contributed by atoms with Crippen LogP contribution >= 0.6 is 11.6 Å². The van der Waals surface area contributed by atoms with Gasteiger partial charge in [-0.2, -0.15) is 13.2 Å². The van der Waals surface area contributed by atoms with Crippen molar-refractivity contribution in [2.75, 3.05) is 5.73 Å². The lowest BCUT2D eigenvalue weighted by atomic mass is 10.0. The number of rotatable bonds is 1. The van der Waals surface area contributed by atoms with E-state index in [9.17, 15) is 13.2 Å². The van der Waals surface area contributed by atoms with E-state index in [0.29, 0.717) is 16.6 Å². The molecular formula is C14H9ClF3N3. The zero-order valence-electron chi connectivity index (χ0n) is 10.5. The molecule has 3 nitrogen and oxygen atoms in total. The number of nitrogens with zero attached hydrogens (tertiary/aromatic N) is 1. The molecule has 1 heterocycles. The number of aromatic nitrogens is 2. The van der Waals surface area contributed by atoms with Crippen molar-refractivity contribution < 1.29 is 13.2 Å². The lowest BCUT2D eigenvalue weighted by Crippen LogP contribution is -2.05. The van der Waals surface area contributed by atoms with Gasteiger partial charge < -0.3 is 10.7 Å². The minimum absolute atomic E-state index is 0.285. The van der Waals surface area contributed by atoms with Crippen LogP contribution in [0, 0.1) is 0 Å². The molecule has 0 aliphatic rings. The fraction of sp³-hybridized carbons (Fsp3) is 0.0714. The van der Waals surface area contributed by atoms with E-state index in [0.717, 1.165) is 11.6 Å². The van der Waals surface area contributed by atoms with Crippen LogP contribution < -0.4 is 5.73 Å². The van der Waals surface area contributed by atoms with Crippen molar-refractivity contribution in [3.05, 3.63) is 47.0 Å². The number of hydrogen-bond acceptors (Lipinski definition) is 2. The first kappa shape index (κ1) is 13.8. The molecule has 108 valence electrons. The van der Waals surface area contributed by atoms with E-state index >= 15 is 0 Å². The van der Waals surface area contributed by atoms with Crippen molar-refractivity contribution in [1.82, 2.24) is 9.97 Å². The van der Waals surface area contributed by atoms with Gasteiger partial charge in [0, 0.05) is 0 Å². The summed E-state index contributed by atoms with van der Waals surface area (Å²) in [4.78, 5) is 6.93. The van der Waals surface area contributed by atoms with Gasteiger partial charge in [0.15, 0.2) is 5.95 Å². The van der Waals surface area contributed by atoms with Crippen molar-refractivity contribution in [1.29, 1.82) is 0 Å². The average Bonchev–Trinajstić information content (AvgIpc) is 2.76. The van der Waals surface area contributed by atoms with Crippen LogP contribution in [0.2, 0.25) is 5.02 Å². The Balaban J connectivity index is 2.08. The third kappa shape index (κ3) is 2.54. The molecule has 0 aliphatic carbocycles. The Morgan fingerprint density at radius 3 is 2.38 bits per heavy atom. The van der Waals surface area contributed by atoms with Crippen LogP contribution in [-0.2, 0) is 6.18 Å². The molecule has 1 aromatic heterocycles. The van der Waals surface area contributed by atoms with E-state index in [1.165, 1.54) is 12.1 Å². The van der Waals surface area contributed by atoms with Gasteiger partial charge in [-0.3, -0.25) is 0 Å². The summed E-state index contributed by atoms with van der Waals surface area (Å²) in [6.45, 7) is 0. The molecule has 7 heteroatoms. The van der Waals surface area contributed by atoms with Gasteiger partial charge in [0.25, 0.3) is 0 Å². The summed E-state index contributed by atoms with van der Waals surface area (Å²) in [6.07, 6.45) is -4.46. The molecule has 0 aliphatic heterocycles. The van der Waals surface area contributed by atoms with E-state index in [1.807, 2.05) is 0 Å². The third-order valence-corrected chi connectivity index (χ3v) is 3.42. The predicted molar refractivity (Wildman–Crippen MR) is 76.0 cm³/mol. The summed E-state index contributed by atoms with van der Waals surface area (Å²) in [5, 5.41) is -0.329. The Morgan fingerprint density at radius 1 is 1.05 bits per heavy atom. The SMILES string of the molecule is Nc1nc2ccc(-c3ccc(C(F)(F)F)c(Cl)c3)cc2[nH]1. The second-order valence-corrected chi connectivity index (χ2v) is 4.95. The maximum atomic E-state index is 12.7. The predicted octanol–water partition coefficient (Wildman–Crippen LogP) is 4.48. The standard InChI is InChI=1S/C14H9ClF3N3/c15-10-5-7(1-3-9(10)14(16,17)18)8-2-4-11-12(6-8)21-13(19)20-11/h1-6H,(H3,19,20,21). The summed E-state index contributed by atoms with van der Waals surface area (Å²) in [5.41, 5.74) is 7.42. The van der Waals surface area contributed by atoms with Gasteiger partial charge in [0.05, 0.1) is 21.6 Å². The summed E-state index contributed by atoms with van der Waals surface area (Å²) in [7, 11) is 0. The molecule has 0 unspecified atom stereocenters. The zero-order chi connectivity index (χ0) is 15.2. The van der Waals surface area contributed by atoms with Crippen LogP contribution in [0.1, 0.15) is 5.56 Å². The van der Waals surface area contributed by atoms with Gasteiger partial charge in [-0.05, 0) is 35.4 Å². The number of anilines is 1. The normalized spacial score (nSPS) is 12.0. The number of H-pyrrole nitrogens is 1. The third-order valence-electron chi connectivity index (χ3n) is 3.11. The summed E-state index contributed by atoms with van der Waals surface area (Å²) < 4.78 is 38.0. The highest BCUT2D eigenvalue weighted by molar-refractivity contribution is 6.31. The topological polar surface area (TPSA) is 54.7 Å². The lowest BCUT2D eigenvalue weighted by Gasteiger charge is -2.10. The van der Waals surface area contributed by atoms with E-state index in [1.54, 1.807) is 18.2 Å². The molecular weight excluding hydrogens is 303 g/mol. The van der Waals surface area contributed by atoms with Gasteiger partial charge in [-0.25, -0.2) is 4.98 Å². The van der Waals surface area contributed by atoms with E-state index < -0.39 is 11.7 Å². The number of nitrogen functional groups attached to an aromatic ring is 1. The van der Waals surface area contributed by atoms with Crippen LogP contribution in [-0.4, -0.2) is 9.97 Å². The van der Waals surface area contributed by atoms with Crippen LogP contribution in [0.15, 0.2) is 36.4 Å². The smallest absolute Gasteiger partial charge is 0.369 e. The molecule has 0 saturated carbocycles. The minimum atomic E-state index is -4.46. The highest BCUT2D eigenvalue weighted by atomic mass is 35.5. The Labute approximate surface area is 122 Å². The summed E-state index contributed by atoms with van der Waals surface area (Å²) in [5.74, 6) is 0.285. The Bertz CT molecular complexity index is 824. The summed E-state index contributed by atoms with van der Waals surface area (Å²) >= 11 is 5.73. The molecule has 0 spiro atoms. The summed E-state index contributed by atoms with van der Waals surface area (Å²) in [6, 6.07) is 8.91. The first-order valence-electron chi connectivity index (χ1n) is 5.97. The minimum Gasteiger partial charge on any atom is -0.369 e. The van der Waals surface area contributed by atoms with Gasteiger partial charge in [-0.1, -0.05) is 23.7 Å². The molecule has 0 radical (unpaired) electrons. The van der Waals surface area contributed by atoms with E-state index in [2.05, 4.69) is 9.97 Å². The van der Waals surface area contributed by atoms with Crippen molar-refractivity contribution in [2.45, 2.75) is 6.18 Å². The molecule has 3 rings (SSSR count). The Hall–Kier alpha value is -2.21. The molecule has 3 aromatic rings. The maximum absolute atomic E-state index is 12.7. The van der Waals surface area contributed by atoms with Gasteiger partial charge in [-0.15, -0.1) is 0 Å². The number of hydrogen-bond donors (Lipinski definition) is 2. The molecule has 2 aromatic carbocycles. The molecule has 21 heavy (non-hydrogen) atoms. The largest absolute Gasteiger partial charge is 0.417 e. The van der Waals surface area contributed by atoms with Gasteiger partial charge in [0.2, 0.25) is 0 Å². The molecule has 0 fully saturated rings. The number of nitrogens with one attached hydrogen (secondary N) is 1. The first-order valence-corrected chi connectivity index (χ1v) is 6.35. The molecule has 3 N–H and O–H groups in total.